The highest BCUT2D eigenvalue weighted by Crippen LogP contribution is 2.33. The molecular formula is C16H17Cl2NO. The van der Waals surface area contributed by atoms with E-state index in [9.17, 15) is 0 Å². The average Bonchev–Trinajstić information content (AvgIpc) is 2.45. The van der Waals surface area contributed by atoms with Crippen LogP contribution in [0.25, 0.3) is 0 Å². The molecule has 0 aliphatic carbocycles. The second-order valence-corrected chi connectivity index (χ2v) is 5.38. The molecule has 1 N–H and O–H groups in total. The van der Waals surface area contributed by atoms with Crippen molar-refractivity contribution in [1.29, 1.82) is 0 Å². The monoisotopic (exact) mass is 309 g/mol. The molecule has 0 bridgehead atoms. The molecule has 0 saturated heterocycles. The van der Waals surface area contributed by atoms with E-state index in [1.807, 2.05) is 44.3 Å². The van der Waals surface area contributed by atoms with Gasteiger partial charge in [0.2, 0.25) is 0 Å². The van der Waals surface area contributed by atoms with E-state index in [2.05, 4.69) is 11.4 Å². The lowest BCUT2D eigenvalue weighted by Gasteiger charge is -2.21. The Morgan fingerprint density at radius 2 is 1.85 bits per heavy atom. The summed E-state index contributed by atoms with van der Waals surface area (Å²) in [6.07, 6.45) is 0. The second-order valence-electron chi connectivity index (χ2n) is 4.57. The van der Waals surface area contributed by atoms with Gasteiger partial charge in [-0.25, -0.2) is 0 Å². The average molecular weight is 310 g/mol. The highest BCUT2D eigenvalue weighted by atomic mass is 35.5. The first-order valence-electron chi connectivity index (χ1n) is 6.34. The molecule has 2 rings (SSSR count). The molecule has 0 saturated carbocycles. The number of hydrogen-bond acceptors (Lipinski definition) is 2. The molecule has 106 valence electrons. The molecule has 2 nitrogen and oxygen atoms in total. The number of halogens is 2. The molecule has 0 amide bonds. The molecule has 0 radical (unpaired) electrons. The molecule has 2 aromatic carbocycles. The minimum Gasteiger partial charge on any atom is -0.495 e. The van der Waals surface area contributed by atoms with Gasteiger partial charge in [-0.15, -0.1) is 0 Å². The van der Waals surface area contributed by atoms with Crippen LogP contribution in [0, 0.1) is 6.92 Å². The largest absolute Gasteiger partial charge is 0.495 e. The lowest BCUT2D eigenvalue weighted by Crippen LogP contribution is -2.18. The standard InChI is InChI=1S/C16H17Cl2NO/c1-10-12(5-4-6-13(10)17)16(19-2)11-7-8-14(18)15(9-11)20-3/h4-9,16,19H,1-3H3. The van der Waals surface area contributed by atoms with Crippen molar-refractivity contribution >= 4 is 23.2 Å². The molecule has 0 aromatic heterocycles. The lowest BCUT2D eigenvalue weighted by molar-refractivity contribution is 0.414. The van der Waals surface area contributed by atoms with Crippen LogP contribution in [0.4, 0.5) is 0 Å². The smallest absolute Gasteiger partial charge is 0.137 e. The third-order valence-electron chi connectivity index (χ3n) is 3.42. The molecule has 0 aliphatic heterocycles. The molecule has 0 fully saturated rings. The Balaban J connectivity index is 2.49. The summed E-state index contributed by atoms with van der Waals surface area (Å²) in [7, 11) is 3.54. The van der Waals surface area contributed by atoms with Gasteiger partial charge in [-0.1, -0.05) is 41.4 Å². The van der Waals surface area contributed by atoms with E-state index in [1.165, 1.54) is 0 Å². The van der Waals surface area contributed by atoms with Crippen LogP contribution in [-0.2, 0) is 0 Å². The summed E-state index contributed by atoms with van der Waals surface area (Å²) in [5.41, 5.74) is 3.30. The SMILES string of the molecule is CNC(c1ccc(Cl)c(OC)c1)c1cccc(Cl)c1C. The maximum absolute atomic E-state index is 6.21. The summed E-state index contributed by atoms with van der Waals surface area (Å²) in [5.74, 6) is 0.670. The zero-order chi connectivity index (χ0) is 14.7. The Bertz CT molecular complexity index is 613. The van der Waals surface area contributed by atoms with Crippen LogP contribution in [0.15, 0.2) is 36.4 Å². The maximum atomic E-state index is 6.21. The molecule has 1 atom stereocenters. The van der Waals surface area contributed by atoms with Crippen molar-refractivity contribution in [2.24, 2.45) is 0 Å². The highest BCUT2D eigenvalue weighted by Gasteiger charge is 2.16. The van der Waals surface area contributed by atoms with Crippen molar-refractivity contribution in [3.05, 3.63) is 63.1 Å². The molecule has 0 heterocycles. The van der Waals surface area contributed by atoms with Gasteiger partial charge in [-0.2, -0.15) is 0 Å². The van der Waals surface area contributed by atoms with Crippen LogP contribution < -0.4 is 10.1 Å². The van der Waals surface area contributed by atoms with Crippen LogP contribution in [-0.4, -0.2) is 14.2 Å². The first kappa shape index (κ1) is 15.2. The van der Waals surface area contributed by atoms with Crippen molar-refractivity contribution in [2.75, 3.05) is 14.2 Å². The van der Waals surface area contributed by atoms with Gasteiger partial charge in [-0.05, 0) is 48.9 Å². The summed E-state index contributed by atoms with van der Waals surface area (Å²) < 4.78 is 5.28. The third kappa shape index (κ3) is 2.93. The summed E-state index contributed by atoms with van der Waals surface area (Å²) >= 11 is 12.3. The minimum absolute atomic E-state index is 0.0415. The zero-order valence-corrected chi connectivity index (χ0v) is 13.2. The quantitative estimate of drug-likeness (QED) is 0.890. The number of rotatable bonds is 4. The highest BCUT2D eigenvalue weighted by molar-refractivity contribution is 6.32. The Kier molecular flexibility index (Phi) is 4.92. The van der Waals surface area contributed by atoms with Gasteiger partial charge in [0.25, 0.3) is 0 Å². The van der Waals surface area contributed by atoms with Crippen molar-refractivity contribution < 1.29 is 4.74 Å². The number of ether oxygens (including phenoxy) is 1. The van der Waals surface area contributed by atoms with Crippen molar-refractivity contribution in [1.82, 2.24) is 5.32 Å². The summed E-state index contributed by atoms with van der Waals surface area (Å²) in [4.78, 5) is 0. The topological polar surface area (TPSA) is 21.3 Å². The first-order chi connectivity index (χ1) is 9.58. The fraction of sp³-hybridized carbons (Fsp3) is 0.250. The molecule has 1 unspecified atom stereocenters. The molecule has 0 spiro atoms. The lowest BCUT2D eigenvalue weighted by atomic mass is 9.95. The number of nitrogens with one attached hydrogen (secondary N) is 1. The molecule has 2 aromatic rings. The van der Waals surface area contributed by atoms with Crippen molar-refractivity contribution in [2.45, 2.75) is 13.0 Å². The molecule has 20 heavy (non-hydrogen) atoms. The van der Waals surface area contributed by atoms with Crippen LogP contribution >= 0.6 is 23.2 Å². The van der Waals surface area contributed by atoms with Gasteiger partial charge in [0.1, 0.15) is 5.75 Å². The fourth-order valence-corrected chi connectivity index (χ4v) is 2.67. The van der Waals surface area contributed by atoms with E-state index in [0.29, 0.717) is 10.8 Å². The maximum Gasteiger partial charge on any atom is 0.137 e. The van der Waals surface area contributed by atoms with E-state index in [0.717, 1.165) is 21.7 Å². The predicted molar refractivity (Wildman–Crippen MR) is 85.1 cm³/mol. The Hall–Kier alpha value is -1.22. The molecule has 4 heteroatoms. The number of methoxy groups -OCH3 is 1. The molecule has 0 aliphatic rings. The number of benzene rings is 2. The Morgan fingerprint density at radius 3 is 2.50 bits per heavy atom. The van der Waals surface area contributed by atoms with Crippen LogP contribution in [0.2, 0.25) is 10.0 Å². The van der Waals surface area contributed by atoms with E-state index in [1.54, 1.807) is 7.11 Å². The molecular weight excluding hydrogens is 293 g/mol. The third-order valence-corrected chi connectivity index (χ3v) is 4.14. The van der Waals surface area contributed by atoms with Gasteiger partial charge >= 0.3 is 0 Å². The van der Waals surface area contributed by atoms with Crippen LogP contribution in [0.5, 0.6) is 5.75 Å². The van der Waals surface area contributed by atoms with Gasteiger partial charge in [0.05, 0.1) is 18.2 Å². The van der Waals surface area contributed by atoms with E-state index in [4.69, 9.17) is 27.9 Å². The Morgan fingerprint density at radius 1 is 1.10 bits per heavy atom. The Labute approximate surface area is 129 Å². The van der Waals surface area contributed by atoms with Gasteiger partial charge in [0.15, 0.2) is 0 Å². The van der Waals surface area contributed by atoms with E-state index in [-0.39, 0.29) is 6.04 Å². The summed E-state index contributed by atoms with van der Waals surface area (Å²) in [6, 6.07) is 11.8. The van der Waals surface area contributed by atoms with Gasteiger partial charge in [0, 0.05) is 5.02 Å². The van der Waals surface area contributed by atoms with Crippen LogP contribution in [0.3, 0.4) is 0 Å². The van der Waals surface area contributed by atoms with Crippen molar-refractivity contribution in [3.8, 4) is 5.75 Å². The van der Waals surface area contributed by atoms with E-state index < -0.39 is 0 Å². The van der Waals surface area contributed by atoms with Crippen LogP contribution in [0.1, 0.15) is 22.7 Å². The summed E-state index contributed by atoms with van der Waals surface area (Å²) in [5, 5.41) is 4.69. The van der Waals surface area contributed by atoms with Crippen molar-refractivity contribution in [3.63, 3.8) is 0 Å². The second kappa shape index (κ2) is 6.49. The predicted octanol–water partition coefficient (Wildman–Crippen LogP) is 4.62. The minimum atomic E-state index is 0.0415. The van der Waals surface area contributed by atoms with Gasteiger partial charge in [-0.3, -0.25) is 0 Å². The van der Waals surface area contributed by atoms with Gasteiger partial charge < -0.3 is 10.1 Å². The number of hydrogen-bond donors (Lipinski definition) is 1. The zero-order valence-electron chi connectivity index (χ0n) is 11.7. The first-order valence-corrected chi connectivity index (χ1v) is 7.09. The fourth-order valence-electron chi connectivity index (χ4n) is 2.29. The normalized spacial score (nSPS) is 12.2. The summed E-state index contributed by atoms with van der Waals surface area (Å²) in [6.45, 7) is 2.02. The van der Waals surface area contributed by atoms with E-state index >= 15 is 0 Å².